The van der Waals surface area contributed by atoms with Crippen molar-refractivity contribution in [1.82, 2.24) is 4.98 Å². The van der Waals surface area contributed by atoms with Crippen LogP contribution >= 0.6 is 15.9 Å². The Balaban J connectivity index is 1.74. The Morgan fingerprint density at radius 1 is 1.29 bits per heavy atom. The molecular formula is C15H14BrFN2O2. The van der Waals surface area contributed by atoms with Crippen molar-refractivity contribution in [1.29, 1.82) is 0 Å². The van der Waals surface area contributed by atoms with Crippen LogP contribution in [-0.4, -0.2) is 11.6 Å². The lowest BCUT2D eigenvalue weighted by Crippen LogP contribution is -2.04. The highest BCUT2D eigenvalue weighted by Gasteiger charge is 2.22. The lowest BCUT2D eigenvalue weighted by Gasteiger charge is -2.10. The van der Waals surface area contributed by atoms with Gasteiger partial charge in [0, 0.05) is 6.07 Å². The van der Waals surface area contributed by atoms with E-state index in [-0.39, 0.29) is 5.82 Å². The molecule has 1 fully saturated rings. The molecule has 3 rings (SSSR count). The zero-order chi connectivity index (χ0) is 14.8. The molecule has 0 unspecified atom stereocenters. The number of benzene rings is 1. The van der Waals surface area contributed by atoms with Crippen LogP contribution in [-0.2, 0) is 0 Å². The van der Waals surface area contributed by atoms with Gasteiger partial charge in [0.2, 0.25) is 11.8 Å². The molecule has 0 spiro atoms. The third kappa shape index (κ3) is 3.64. The predicted molar refractivity (Wildman–Crippen MR) is 81.0 cm³/mol. The van der Waals surface area contributed by atoms with Gasteiger partial charge in [-0.05, 0) is 59.0 Å². The minimum Gasteiger partial charge on any atom is -0.476 e. The first-order chi connectivity index (χ1) is 10.1. The number of ether oxygens (including phenoxy) is 2. The Morgan fingerprint density at radius 3 is 2.81 bits per heavy atom. The maximum atomic E-state index is 13.2. The first kappa shape index (κ1) is 14.1. The number of hydrogen-bond acceptors (Lipinski definition) is 4. The summed E-state index contributed by atoms with van der Waals surface area (Å²) < 4.78 is 24.7. The Kier molecular flexibility index (Phi) is 3.96. The number of hydrogen-bond donors (Lipinski definition) is 1. The summed E-state index contributed by atoms with van der Waals surface area (Å²) in [5, 5.41) is 0. The summed E-state index contributed by atoms with van der Waals surface area (Å²) >= 11 is 3.11. The van der Waals surface area contributed by atoms with Crippen molar-refractivity contribution in [3.05, 3.63) is 40.6 Å². The smallest absolute Gasteiger partial charge is 0.240 e. The topological polar surface area (TPSA) is 57.4 Å². The normalized spacial score (nSPS) is 14.0. The van der Waals surface area contributed by atoms with E-state index in [4.69, 9.17) is 15.2 Å². The van der Waals surface area contributed by atoms with Gasteiger partial charge in [0.1, 0.15) is 11.6 Å². The average Bonchev–Trinajstić information content (AvgIpc) is 3.28. The Labute approximate surface area is 130 Å². The van der Waals surface area contributed by atoms with E-state index in [9.17, 15) is 4.39 Å². The average molecular weight is 353 g/mol. The second kappa shape index (κ2) is 5.89. The summed E-state index contributed by atoms with van der Waals surface area (Å²) in [5.41, 5.74) is 6.31. The zero-order valence-corrected chi connectivity index (χ0v) is 12.8. The third-order valence-electron chi connectivity index (χ3n) is 3.13. The second-order valence-corrected chi connectivity index (χ2v) is 5.83. The Bertz CT molecular complexity index is 662. The zero-order valence-electron chi connectivity index (χ0n) is 11.2. The molecule has 21 heavy (non-hydrogen) atoms. The number of rotatable bonds is 5. The molecule has 0 radical (unpaired) electrons. The van der Waals surface area contributed by atoms with Crippen molar-refractivity contribution >= 4 is 21.6 Å². The second-order valence-electron chi connectivity index (χ2n) is 4.98. The minimum atomic E-state index is -0.346. The van der Waals surface area contributed by atoms with E-state index in [2.05, 4.69) is 20.9 Å². The molecule has 110 valence electrons. The molecule has 1 aliphatic rings. The Hall–Kier alpha value is -1.82. The molecule has 0 atom stereocenters. The fourth-order valence-electron chi connectivity index (χ4n) is 1.75. The van der Waals surface area contributed by atoms with Gasteiger partial charge >= 0.3 is 0 Å². The maximum absolute atomic E-state index is 13.2. The van der Waals surface area contributed by atoms with E-state index in [1.807, 2.05) is 0 Å². The van der Waals surface area contributed by atoms with E-state index in [0.29, 0.717) is 40.2 Å². The van der Waals surface area contributed by atoms with Gasteiger partial charge in [-0.3, -0.25) is 0 Å². The van der Waals surface area contributed by atoms with E-state index in [1.54, 1.807) is 12.1 Å². The van der Waals surface area contributed by atoms with Gasteiger partial charge in [0.15, 0.2) is 0 Å². The molecule has 1 saturated carbocycles. The van der Waals surface area contributed by atoms with Crippen LogP contribution < -0.4 is 15.2 Å². The lowest BCUT2D eigenvalue weighted by atomic mass is 10.3. The summed E-state index contributed by atoms with van der Waals surface area (Å²) in [6.07, 6.45) is 2.39. The molecule has 1 heterocycles. The monoisotopic (exact) mass is 352 g/mol. The van der Waals surface area contributed by atoms with Gasteiger partial charge in [0.25, 0.3) is 0 Å². The van der Waals surface area contributed by atoms with E-state index in [1.165, 1.54) is 31.0 Å². The molecule has 6 heteroatoms. The largest absolute Gasteiger partial charge is 0.476 e. The van der Waals surface area contributed by atoms with Crippen LogP contribution in [0.5, 0.6) is 17.5 Å². The maximum Gasteiger partial charge on any atom is 0.240 e. The van der Waals surface area contributed by atoms with Crippen LogP contribution in [0.25, 0.3) is 0 Å². The van der Waals surface area contributed by atoms with E-state index < -0.39 is 0 Å². The molecular weight excluding hydrogens is 339 g/mol. The fourth-order valence-corrected chi connectivity index (χ4v) is 2.11. The Morgan fingerprint density at radius 2 is 2.10 bits per heavy atom. The van der Waals surface area contributed by atoms with Gasteiger partial charge in [-0.15, -0.1) is 0 Å². The quantitative estimate of drug-likeness (QED) is 0.878. The van der Waals surface area contributed by atoms with Gasteiger partial charge in [-0.25, -0.2) is 4.39 Å². The minimum absolute atomic E-state index is 0.334. The van der Waals surface area contributed by atoms with Crippen LogP contribution in [0.3, 0.4) is 0 Å². The highest BCUT2D eigenvalue weighted by atomic mass is 79.9. The van der Waals surface area contributed by atoms with Crippen molar-refractivity contribution in [3.8, 4) is 17.5 Å². The van der Waals surface area contributed by atoms with Crippen molar-refractivity contribution in [2.24, 2.45) is 5.92 Å². The molecule has 0 amide bonds. The molecule has 2 N–H and O–H groups in total. The van der Waals surface area contributed by atoms with E-state index in [0.717, 1.165) is 0 Å². The SMILES string of the molecule is Nc1ccc(Oc2ccc(F)c(Br)c2)nc1OCC1CC1. The fraction of sp³-hybridized carbons (Fsp3) is 0.267. The predicted octanol–water partition coefficient (Wildman–Crippen LogP) is 4.15. The summed E-state index contributed by atoms with van der Waals surface area (Å²) in [5.74, 6) is 1.48. The standard InChI is InChI=1S/C15H14BrFN2O2/c16-11-7-10(3-4-12(11)17)21-14-6-5-13(18)15(19-14)20-8-9-1-2-9/h3-7,9H,1-2,8,18H2. The van der Waals surface area contributed by atoms with Gasteiger partial charge < -0.3 is 15.2 Å². The number of halogens is 2. The van der Waals surface area contributed by atoms with Gasteiger partial charge in [-0.2, -0.15) is 4.98 Å². The number of nitrogens with two attached hydrogens (primary N) is 1. The number of pyridine rings is 1. The van der Waals surface area contributed by atoms with Gasteiger partial charge in [-0.1, -0.05) is 0 Å². The van der Waals surface area contributed by atoms with Crippen molar-refractivity contribution < 1.29 is 13.9 Å². The molecule has 0 aliphatic heterocycles. The summed E-state index contributed by atoms with van der Waals surface area (Å²) in [7, 11) is 0. The summed E-state index contributed by atoms with van der Waals surface area (Å²) in [4.78, 5) is 4.24. The first-order valence-corrected chi connectivity index (χ1v) is 7.43. The summed E-state index contributed by atoms with van der Waals surface area (Å²) in [6.45, 7) is 0.628. The van der Waals surface area contributed by atoms with Gasteiger partial charge in [0.05, 0.1) is 16.8 Å². The highest BCUT2D eigenvalue weighted by Crippen LogP contribution is 2.32. The van der Waals surface area contributed by atoms with Crippen LogP contribution in [0.15, 0.2) is 34.8 Å². The number of anilines is 1. The molecule has 2 aromatic rings. The highest BCUT2D eigenvalue weighted by molar-refractivity contribution is 9.10. The van der Waals surface area contributed by atoms with Crippen molar-refractivity contribution in [2.75, 3.05) is 12.3 Å². The van der Waals surface area contributed by atoms with Crippen LogP contribution in [0, 0.1) is 11.7 Å². The van der Waals surface area contributed by atoms with Crippen molar-refractivity contribution in [2.45, 2.75) is 12.8 Å². The lowest BCUT2D eigenvalue weighted by molar-refractivity contribution is 0.286. The number of aromatic nitrogens is 1. The first-order valence-electron chi connectivity index (χ1n) is 6.64. The molecule has 4 nitrogen and oxygen atoms in total. The molecule has 1 aromatic carbocycles. The number of nitrogens with zero attached hydrogens (tertiary/aromatic N) is 1. The molecule has 0 saturated heterocycles. The van der Waals surface area contributed by atoms with E-state index >= 15 is 0 Å². The molecule has 1 aliphatic carbocycles. The summed E-state index contributed by atoms with van der Waals surface area (Å²) in [6, 6.07) is 7.72. The van der Waals surface area contributed by atoms with Crippen molar-refractivity contribution in [3.63, 3.8) is 0 Å². The number of nitrogen functional groups attached to an aromatic ring is 1. The third-order valence-corrected chi connectivity index (χ3v) is 3.74. The van der Waals surface area contributed by atoms with Crippen LogP contribution in [0.2, 0.25) is 0 Å². The van der Waals surface area contributed by atoms with Crippen LogP contribution in [0.4, 0.5) is 10.1 Å². The molecule has 0 bridgehead atoms. The van der Waals surface area contributed by atoms with Crippen LogP contribution in [0.1, 0.15) is 12.8 Å². The molecule has 1 aromatic heterocycles.